The van der Waals surface area contributed by atoms with Crippen LogP contribution >= 0.6 is 0 Å². The standard InChI is InChI=1S/C13H16O3/c14-12(15)13(16,11-8-4-5-9-11)10-6-2-1-3-7-10/h1-3,6-7,11,16H,4-5,8-9H2,(H,14,15)/i/hT. The van der Waals surface area contributed by atoms with E-state index in [1.165, 1.54) is 0 Å². The van der Waals surface area contributed by atoms with Gasteiger partial charge in [0.1, 0.15) is 0 Å². The van der Waals surface area contributed by atoms with E-state index in [2.05, 4.69) is 5.11 Å². The maximum absolute atomic E-state index is 11.8. The number of hydrogen-bond acceptors (Lipinski definition) is 3. The first kappa shape index (κ1) is 9.85. The third-order valence-electron chi connectivity index (χ3n) is 3.47. The number of aliphatic carboxylic acids is 1. The molecule has 1 fully saturated rings. The first-order valence-electron chi connectivity index (χ1n) is 6.06. The van der Waals surface area contributed by atoms with E-state index in [-0.39, 0.29) is 5.92 Å². The Morgan fingerprint density at radius 1 is 1.31 bits per heavy atom. The van der Waals surface area contributed by atoms with Gasteiger partial charge in [-0.3, -0.25) is 0 Å². The average Bonchev–Trinajstić information content (AvgIpc) is 2.92. The molecule has 1 aromatic carbocycles. The van der Waals surface area contributed by atoms with Gasteiger partial charge in [-0.2, -0.15) is 0 Å². The second kappa shape index (κ2) is 4.26. The van der Waals surface area contributed by atoms with Gasteiger partial charge in [-0.15, -0.1) is 0 Å². The number of aliphatic hydroxyl groups is 1. The van der Waals surface area contributed by atoms with E-state index in [4.69, 9.17) is 1.43 Å². The minimum atomic E-state index is -1.67. The molecular weight excluding hydrogens is 204 g/mol. The van der Waals surface area contributed by atoms with Crippen LogP contribution in [-0.2, 0) is 10.4 Å². The van der Waals surface area contributed by atoms with Crippen molar-refractivity contribution in [1.82, 2.24) is 0 Å². The van der Waals surface area contributed by atoms with Crippen molar-refractivity contribution in [2.75, 3.05) is 0 Å². The molecule has 0 bridgehead atoms. The first-order valence-corrected chi connectivity index (χ1v) is 5.65. The molecular formula is C13H16O3. The molecule has 0 aliphatic heterocycles. The second-order valence-electron chi connectivity index (χ2n) is 4.40. The van der Waals surface area contributed by atoms with E-state index in [0.29, 0.717) is 5.56 Å². The van der Waals surface area contributed by atoms with Gasteiger partial charge in [0, 0.05) is 5.92 Å². The molecule has 1 atom stereocenters. The summed E-state index contributed by atoms with van der Waals surface area (Å²) in [5, 5.41) is 14.7. The van der Waals surface area contributed by atoms with Gasteiger partial charge in [0.05, 0.1) is 0 Å². The molecule has 1 aromatic rings. The van der Waals surface area contributed by atoms with Gasteiger partial charge in [0.25, 0.3) is 1.43 Å². The van der Waals surface area contributed by atoms with E-state index >= 15 is 0 Å². The van der Waals surface area contributed by atoms with Crippen molar-refractivity contribution in [2.45, 2.75) is 31.3 Å². The highest BCUT2D eigenvalue weighted by molar-refractivity contribution is 5.79. The van der Waals surface area contributed by atoms with Gasteiger partial charge in [0.2, 0.25) is 0 Å². The predicted octanol–water partition coefficient (Wildman–Crippen LogP) is 2.15. The Hall–Kier alpha value is -1.35. The molecule has 2 rings (SSSR count). The van der Waals surface area contributed by atoms with Crippen molar-refractivity contribution in [2.24, 2.45) is 5.92 Å². The second-order valence-corrected chi connectivity index (χ2v) is 4.40. The molecule has 3 nitrogen and oxygen atoms in total. The van der Waals surface area contributed by atoms with Crippen LogP contribution in [0.5, 0.6) is 0 Å². The quantitative estimate of drug-likeness (QED) is 0.823. The summed E-state index contributed by atoms with van der Waals surface area (Å²) in [6.07, 6.45) is 3.59. The first-order chi connectivity index (χ1) is 8.19. The van der Waals surface area contributed by atoms with Crippen LogP contribution in [0.3, 0.4) is 0 Å². The topological polar surface area (TPSA) is 57.5 Å². The summed E-state index contributed by atoms with van der Waals surface area (Å²) in [7, 11) is 0. The van der Waals surface area contributed by atoms with Crippen molar-refractivity contribution in [3.8, 4) is 0 Å². The lowest BCUT2D eigenvalue weighted by Crippen LogP contribution is -2.42. The van der Waals surface area contributed by atoms with Crippen molar-refractivity contribution in [3.63, 3.8) is 0 Å². The number of hydrogen-bond donors (Lipinski definition) is 2. The molecule has 86 valence electrons. The zero-order chi connectivity index (χ0) is 12.3. The Labute approximate surface area is 96.2 Å². The fourth-order valence-corrected chi connectivity index (χ4v) is 2.56. The summed E-state index contributed by atoms with van der Waals surface area (Å²) in [6.45, 7) is 0. The number of carboxylic acids is 1. The molecule has 0 aromatic heterocycles. The van der Waals surface area contributed by atoms with E-state index in [0.717, 1.165) is 25.7 Å². The van der Waals surface area contributed by atoms with Crippen LogP contribution in [0.25, 0.3) is 1.43 Å². The van der Waals surface area contributed by atoms with Crippen molar-refractivity contribution in [1.29, 1.82) is 1.43 Å². The zero-order valence-corrected chi connectivity index (χ0v) is 9.06. The van der Waals surface area contributed by atoms with Gasteiger partial charge >= 0.3 is 5.97 Å². The molecule has 0 radical (unpaired) electrons. The summed E-state index contributed by atoms with van der Waals surface area (Å²) < 4.78 is 6.77. The summed E-state index contributed by atoms with van der Waals surface area (Å²) >= 11 is 0. The lowest BCUT2D eigenvalue weighted by Gasteiger charge is -2.30. The molecule has 16 heavy (non-hydrogen) atoms. The molecule has 1 aliphatic rings. The lowest BCUT2D eigenvalue weighted by molar-refractivity contribution is -0.166. The maximum atomic E-state index is 11.8. The highest BCUT2D eigenvalue weighted by Gasteiger charge is 2.46. The third-order valence-corrected chi connectivity index (χ3v) is 3.47. The molecule has 1 saturated carbocycles. The van der Waals surface area contributed by atoms with Crippen LogP contribution in [0.4, 0.5) is 0 Å². The summed E-state index contributed by atoms with van der Waals surface area (Å²) in [4.78, 5) is 11.8. The molecule has 3 heteroatoms. The number of rotatable bonds is 3. The smallest absolute Gasteiger partial charge is 0.340 e. The van der Waals surface area contributed by atoms with Crippen molar-refractivity contribution < 1.29 is 15.0 Å². The van der Waals surface area contributed by atoms with Gasteiger partial charge < -0.3 is 10.2 Å². The molecule has 0 saturated heterocycles. The normalized spacial score (nSPS) is 21.2. The van der Waals surface area contributed by atoms with Crippen molar-refractivity contribution in [3.05, 3.63) is 35.9 Å². The van der Waals surface area contributed by atoms with E-state index in [1.54, 1.807) is 24.3 Å². The lowest BCUT2D eigenvalue weighted by atomic mass is 9.80. The highest BCUT2D eigenvalue weighted by Crippen LogP contribution is 2.40. The van der Waals surface area contributed by atoms with E-state index < -0.39 is 11.6 Å². The molecule has 0 heterocycles. The van der Waals surface area contributed by atoms with Gasteiger partial charge in [0.15, 0.2) is 5.60 Å². The number of benzene rings is 1. The van der Waals surface area contributed by atoms with Crippen LogP contribution < -0.4 is 0 Å². The Morgan fingerprint density at radius 3 is 2.50 bits per heavy atom. The Balaban J connectivity index is 2.39. The number of carboxylic acid groups (broad SMARTS) is 1. The fourth-order valence-electron chi connectivity index (χ4n) is 2.56. The number of carbonyl (C=O) groups is 1. The Kier molecular flexibility index (Phi) is 2.62. The largest absolute Gasteiger partial charge is 0.479 e. The zero-order valence-electron chi connectivity index (χ0n) is 10.1. The fraction of sp³-hybridized carbons (Fsp3) is 0.462. The average molecular weight is 222 g/mol. The minimum absolute atomic E-state index is 0.150. The highest BCUT2D eigenvalue weighted by atomic mass is 16.4. The predicted molar refractivity (Wildman–Crippen MR) is 59.9 cm³/mol. The summed E-state index contributed by atoms with van der Waals surface area (Å²) in [5.41, 5.74) is -1.15. The third kappa shape index (κ3) is 1.71. The van der Waals surface area contributed by atoms with Crippen LogP contribution in [-0.4, -0.2) is 16.2 Å². The molecule has 0 amide bonds. The minimum Gasteiger partial charge on any atom is -0.479 e. The SMILES string of the molecule is [3H]OC(=O)C(O)(c1ccccc1)C1CCCC1. The van der Waals surface area contributed by atoms with Crippen LogP contribution in [0.1, 0.15) is 31.2 Å². The molecule has 1 aliphatic carbocycles. The summed E-state index contributed by atoms with van der Waals surface area (Å²) in [6, 6.07) is 8.77. The van der Waals surface area contributed by atoms with E-state index in [1.807, 2.05) is 6.07 Å². The molecule has 2 N–H and O–H groups in total. The van der Waals surface area contributed by atoms with Gasteiger partial charge in [-0.1, -0.05) is 43.2 Å². The Morgan fingerprint density at radius 2 is 1.94 bits per heavy atom. The van der Waals surface area contributed by atoms with Gasteiger partial charge in [-0.25, -0.2) is 4.79 Å². The van der Waals surface area contributed by atoms with E-state index in [9.17, 15) is 9.90 Å². The summed E-state index contributed by atoms with van der Waals surface area (Å²) in [5.74, 6) is -1.03. The van der Waals surface area contributed by atoms with Crippen LogP contribution in [0, 0.1) is 5.92 Å². The van der Waals surface area contributed by atoms with Crippen molar-refractivity contribution >= 4 is 5.97 Å². The maximum Gasteiger partial charge on any atom is 0.340 e. The molecule has 1 unspecified atom stereocenters. The monoisotopic (exact) mass is 222 g/mol. The molecule has 0 spiro atoms. The van der Waals surface area contributed by atoms with Crippen LogP contribution in [0.15, 0.2) is 30.3 Å². The Bertz CT molecular complexity index is 387. The van der Waals surface area contributed by atoms with Gasteiger partial charge in [-0.05, 0) is 18.4 Å². The van der Waals surface area contributed by atoms with Crippen LogP contribution in [0.2, 0.25) is 0 Å².